The van der Waals surface area contributed by atoms with Crippen molar-refractivity contribution in [2.45, 2.75) is 50.6 Å². The minimum atomic E-state index is 0.650. The molecule has 0 unspecified atom stereocenters. The van der Waals surface area contributed by atoms with Gasteiger partial charge < -0.3 is 5.32 Å². The molecule has 2 fully saturated rings. The van der Waals surface area contributed by atoms with E-state index in [1.54, 1.807) is 0 Å². The first-order valence-corrected chi connectivity index (χ1v) is 4.08. The van der Waals surface area contributed by atoms with Crippen LogP contribution < -0.4 is 5.32 Å². The minimum absolute atomic E-state index is 0.650. The molecule has 2 rings (SSSR count). The Morgan fingerprint density at radius 1 is 1.33 bits per heavy atom. The molecule has 1 spiro atoms. The Hall–Kier alpha value is -0.0400. The zero-order valence-electron chi connectivity index (χ0n) is 6.11. The van der Waals surface area contributed by atoms with Crippen LogP contribution in [-0.4, -0.2) is 11.6 Å². The van der Waals surface area contributed by atoms with Crippen molar-refractivity contribution in [2.75, 3.05) is 0 Å². The van der Waals surface area contributed by atoms with Crippen LogP contribution in [0.5, 0.6) is 0 Å². The molecule has 1 N–H and O–H groups in total. The fourth-order valence-corrected chi connectivity index (χ4v) is 1.96. The molecule has 52 valence electrons. The van der Waals surface area contributed by atoms with Crippen molar-refractivity contribution in [3.63, 3.8) is 0 Å². The van der Waals surface area contributed by atoms with Crippen LogP contribution in [0.2, 0.25) is 0 Å². The molecule has 0 amide bonds. The third-order valence-corrected chi connectivity index (χ3v) is 2.70. The van der Waals surface area contributed by atoms with E-state index < -0.39 is 0 Å². The van der Waals surface area contributed by atoms with Crippen LogP contribution in [0, 0.1) is 0 Å². The van der Waals surface area contributed by atoms with Gasteiger partial charge in [-0.25, -0.2) is 0 Å². The number of rotatable bonds is 0. The summed E-state index contributed by atoms with van der Waals surface area (Å²) >= 11 is 0. The van der Waals surface area contributed by atoms with E-state index in [4.69, 9.17) is 0 Å². The maximum absolute atomic E-state index is 3.67. The summed E-state index contributed by atoms with van der Waals surface area (Å²) < 4.78 is 0. The van der Waals surface area contributed by atoms with Crippen LogP contribution in [-0.2, 0) is 0 Å². The van der Waals surface area contributed by atoms with Gasteiger partial charge in [0.25, 0.3) is 0 Å². The average molecular weight is 125 g/mol. The first-order valence-electron chi connectivity index (χ1n) is 4.08. The molecule has 0 aromatic heterocycles. The lowest BCUT2D eigenvalue weighted by atomic mass is 9.98. The molecule has 0 aromatic carbocycles. The van der Waals surface area contributed by atoms with Crippen LogP contribution >= 0.6 is 0 Å². The zero-order chi connectivity index (χ0) is 6.32. The topological polar surface area (TPSA) is 12.0 Å². The largest absolute Gasteiger partial charge is 0.309 e. The van der Waals surface area contributed by atoms with Gasteiger partial charge >= 0.3 is 0 Å². The van der Waals surface area contributed by atoms with Gasteiger partial charge in [0, 0.05) is 11.6 Å². The molecule has 0 radical (unpaired) electrons. The van der Waals surface area contributed by atoms with Gasteiger partial charge in [0.05, 0.1) is 0 Å². The Kier molecular flexibility index (Phi) is 1.10. The zero-order valence-corrected chi connectivity index (χ0v) is 6.11. The molecular formula is C8H15N. The summed E-state index contributed by atoms with van der Waals surface area (Å²) in [5, 5.41) is 3.67. The molecular weight excluding hydrogens is 110 g/mol. The summed E-state index contributed by atoms with van der Waals surface area (Å²) in [5.74, 6) is 0. The first-order chi connectivity index (χ1) is 4.31. The summed E-state index contributed by atoms with van der Waals surface area (Å²) in [6.45, 7) is 2.30. The monoisotopic (exact) mass is 125 g/mol. The lowest BCUT2D eigenvalue weighted by Gasteiger charge is -2.28. The lowest BCUT2D eigenvalue weighted by Crippen LogP contribution is -2.42. The summed E-state index contributed by atoms with van der Waals surface area (Å²) in [4.78, 5) is 0. The van der Waals surface area contributed by atoms with E-state index in [1.165, 1.54) is 32.1 Å². The van der Waals surface area contributed by atoms with E-state index in [1.807, 2.05) is 0 Å². The van der Waals surface area contributed by atoms with E-state index in [0.717, 1.165) is 6.04 Å². The second-order valence-corrected chi connectivity index (χ2v) is 3.72. The Morgan fingerprint density at radius 3 is 2.56 bits per heavy atom. The van der Waals surface area contributed by atoms with Gasteiger partial charge in [-0.05, 0) is 32.6 Å². The fourth-order valence-electron chi connectivity index (χ4n) is 1.96. The van der Waals surface area contributed by atoms with Crippen LogP contribution in [0.25, 0.3) is 0 Å². The van der Waals surface area contributed by atoms with Gasteiger partial charge in [0.15, 0.2) is 0 Å². The summed E-state index contributed by atoms with van der Waals surface area (Å²) in [7, 11) is 0. The lowest BCUT2D eigenvalue weighted by molar-refractivity contribution is 0.319. The van der Waals surface area contributed by atoms with Crippen LogP contribution in [0.15, 0.2) is 0 Å². The fraction of sp³-hybridized carbons (Fsp3) is 1.00. The molecule has 2 aliphatic rings. The van der Waals surface area contributed by atoms with E-state index in [9.17, 15) is 0 Å². The SMILES string of the molecule is C[C@H]1CCCC2(CC2)N1. The van der Waals surface area contributed by atoms with Crippen LogP contribution in [0.4, 0.5) is 0 Å². The molecule has 1 heteroatoms. The Bertz CT molecular complexity index is 116. The molecule has 1 heterocycles. The smallest absolute Gasteiger partial charge is 0.0185 e. The van der Waals surface area contributed by atoms with E-state index in [-0.39, 0.29) is 0 Å². The van der Waals surface area contributed by atoms with Gasteiger partial charge in [0.2, 0.25) is 0 Å². The normalized spacial score (nSPS) is 39.0. The van der Waals surface area contributed by atoms with Gasteiger partial charge in [0.1, 0.15) is 0 Å². The highest BCUT2D eigenvalue weighted by atomic mass is 15.1. The highest BCUT2D eigenvalue weighted by Gasteiger charge is 2.44. The highest BCUT2D eigenvalue weighted by Crippen LogP contribution is 2.42. The van der Waals surface area contributed by atoms with Crippen LogP contribution in [0.1, 0.15) is 39.0 Å². The Labute approximate surface area is 56.8 Å². The second kappa shape index (κ2) is 1.72. The molecule has 1 aliphatic carbocycles. The molecule has 1 atom stereocenters. The van der Waals surface area contributed by atoms with Crippen molar-refractivity contribution in [2.24, 2.45) is 0 Å². The van der Waals surface area contributed by atoms with Gasteiger partial charge in [-0.1, -0.05) is 6.42 Å². The summed E-state index contributed by atoms with van der Waals surface area (Å²) in [6.07, 6.45) is 7.17. The Balaban J connectivity index is 1.96. The molecule has 1 nitrogen and oxygen atoms in total. The van der Waals surface area contributed by atoms with Gasteiger partial charge in [-0.3, -0.25) is 0 Å². The number of hydrogen-bond donors (Lipinski definition) is 1. The Morgan fingerprint density at radius 2 is 2.11 bits per heavy atom. The molecule has 1 saturated carbocycles. The van der Waals surface area contributed by atoms with Crippen LogP contribution in [0.3, 0.4) is 0 Å². The second-order valence-electron chi connectivity index (χ2n) is 3.72. The standard InChI is InChI=1S/C8H15N/c1-7-3-2-4-8(9-7)5-6-8/h7,9H,2-6H2,1H3/t7-/m0/s1. The van der Waals surface area contributed by atoms with E-state index in [0.29, 0.717) is 5.54 Å². The number of nitrogens with one attached hydrogen (secondary N) is 1. The van der Waals surface area contributed by atoms with Crippen molar-refractivity contribution in [3.8, 4) is 0 Å². The number of hydrogen-bond acceptors (Lipinski definition) is 1. The molecule has 1 saturated heterocycles. The minimum Gasteiger partial charge on any atom is -0.309 e. The van der Waals surface area contributed by atoms with Crippen molar-refractivity contribution < 1.29 is 0 Å². The molecule has 9 heavy (non-hydrogen) atoms. The average Bonchev–Trinajstić information content (AvgIpc) is 2.49. The van der Waals surface area contributed by atoms with E-state index in [2.05, 4.69) is 12.2 Å². The molecule has 1 aliphatic heterocycles. The summed E-state index contributed by atoms with van der Waals surface area (Å²) in [6, 6.07) is 0.793. The first kappa shape index (κ1) is 5.72. The maximum atomic E-state index is 3.67. The van der Waals surface area contributed by atoms with Crippen molar-refractivity contribution in [1.29, 1.82) is 0 Å². The van der Waals surface area contributed by atoms with Gasteiger partial charge in [-0.2, -0.15) is 0 Å². The van der Waals surface area contributed by atoms with Crippen molar-refractivity contribution in [3.05, 3.63) is 0 Å². The molecule has 0 bridgehead atoms. The van der Waals surface area contributed by atoms with Gasteiger partial charge in [-0.15, -0.1) is 0 Å². The third kappa shape index (κ3) is 0.983. The molecule has 0 aromatic rings. The number of piperidine rings is 1. The maximum Gasteiger partial charge on any atom is 0.0185 e. The third-order valence-electron chi connectivity index (χ3n) is 2.70. The van der Waals surface area contributed by atoms with Crippen molar-refractivity contribution >= 4 is 0 Å². The van der Waals surface area contributed by atoms with E-state index >= 15 is 0 Å². The predicted octanol–water partition coefficient (Wildman–Crippen LogP) is 1.68. The quantitative estimate of drug-likeness (QED) is 0.519. The highest BCUT2D eigenvalue weighted by molar-refractivity contribution is 5.04. The van der Waals surface area contributed by atoms with Crippen molar-refractivity contribution in [1.82, 2.24) is 5.32 Å². The summed E-state index contributed by atoms with van der Waals surface area (Å²) in [5.41, 5.74) is 0.650. The predicted molar refractivity (Wildman–Crippen MR) is 38.4 cm³/mol.